The van der Waals surface area contributed by atoms with Gasteiger partial charge in [-0.2, -0.15) is 0 Å². The first kappa shape index (κ1) is 14.1. The molecule has 0 spiro atoms. The summed E-state index contributed by atoms with van der Waals surface area (Å²) in [6, 6.07) is 5.56. The second kappa shape index (κ2) is 7.39. The molecule has 0 bridgehead atoms. The van der Waals surface area contributed by atoms with E-state index >= 15 is 0 Å². The number of hydrogen-bond donors (Lipinski definition) is 1. The normalized spacial score (nSPS) is 12.8. The molecule has 1 aromatic carbocycles. The fourth-order valence-electron chi connectivity index (χ4n) is 1.43. The molecule has 16 heavy (non-hydrogen) atoms. The molecular weight excluding hydrogens is 264 g/mol. The van der Waals surface area contributed by atoms with E-state index in [0.29, 0.717) is 28.4 Å². The number of nitrogens with one attached hydrogen (secondary N) is 1. The third-order valence-corrected chi connectivity index (χ3v) is 3.38. The van der Waals surface area contributed by atoms with Gasteiger partial charge >= 0.3 is 0 Å². The third-order valence-electron chi connectivity index (χ3n) is 2.46. The molecule has 1 unspecified atom stereocenters. The molecule has 1 aromatic rings. The van der Waals surface area contributed by atoms with Gasteiger partial charge in [0.05, 0.1) is 0 Å². The first-order valence-corrected chi connectivity index (χ1v) is 6.63. The molecule has 1 atom stereocenters. The maximum Gasteiger partial charge on any atom is 0.0465 e. The average molecular weight is 281 g/mol. The molecule has 0 saturated carbocycles. The lowest BCUT2D eigenvalue weighted by Gasteiger charge is -2.12. The van der Waals surface area contributed by atoms with Crippen LogP contribution in [0.2, 0.25) is 10.0 Å². The van der Waals surface area contributed by atoms with Gasteiger partial charge in [0.2, 0.25) is 0 Å². The highest BCUT2D eigenvalue weighted by Crippen LogP contribution is 2.23. The molecule has 0 radical (unpaired) electrons. The Hall–Kier alpha value is 0.0500. The molecule has 0 fully saturated rings. The molecule has 4 heteroatoms. The Morgan fingerprint density at radius 1 is 1.25 bits per heavy atom. The summed E-state index contributed by atoms with van der Waals surface area (Å²) in [6.45, 7) is 3.79. The molecular formula is C12H16Cl3N. The van der Waals surface area contributed by atoms with Crippen LogP contribution in [0.15, 0.2) is 18.2 Å². The van der Waals surface area contributed by atoms with Crippen molar-refractivity contribution >= 4 is 34.8 Å². The summed E-state index contributed by atoms with van der Waals surface area (Å²) in [5.74, 6) is 1.27. The SMILES string of the molecule is CC(CCCl)CNCc1c(Cl)cccc1Cl. The molecule has 0 amide bonds. The van der Waals surface area contributed by atoms with Gasteiger partial charge in [0.25, 0.3) is 0 Å². The summed E-state index contributed by atoms with van der Waals surface area (Å²) < 4.78 is 0. The molecule has 1 rings (SSSR count). The number of rotatable bonds is 6. The largest absolute Gasteiger partial charge is 0.312 e. The minimum absolute atomic E-state index is 0.568. The van der Waals surface area contributed by atoms with Crippen molar-refractivity contribution in [3.05, 3.63) is 33.8 Å². The molecule has 1 nitrogen and oxygen atoms in total. The number of halogens is 3. The Bertz CT molecular complexity index is 308. The third kappa shape index (κ3) is 4.50. The van der Waals surface area contributed by atoms with Crippen LogP contribution in [0.4, 0.5) is 0 Å². The van der Waals surface area contributed by atoms with Crippen molar-refractivity contribution in [3.8, 4) is 0 Å². The van der Waals surface area contributed by atoms with Crippen molar-refractivity contribution in [1.82, 2.24) is 5.32 Å². The van der Waals surface area contributed by atoms with Crippen molar-refractivity contribution in [2.75, 3.05) is 12.4 Å². The second-order valence-electron chi connectivity index (χ2n) is 3.91. The first-order valence-electron chi connectivity index (χ1n) is 5.34. The summed E-state index contributed by atoms with van der Waals surface area (Å²) in [5, 5.41) is 4.77. The fraction of sp³-hybridized carbons (Fsp3) is 0.500. The smallest absolute Gasteiger partial charge is 0.0465 e. The molecule has 1 N–H and O–H groups in total. The Balaban J connectivity index is 2.43. The van der Waals surface area contributed by atoms with Gasteiger partial charge in [0, 0.05) is 28.0 Å². The van der Waals surface area contributed by atoms with Gasteiger partial charge in [-0.15, -0.1) is 11.6 Å². The highest BCUT2D eigenvalue weighted by Gasteiger charge is 2.06. The van der Waals surface area contributed by atoms with E-state index in [1.54, 1.807) is 0 Å². The van der Waals surface area contributed by atoms with E-state index < -0.39 is 0 Å². The molecule has 0 aromatic heterocycles. The van der Waals surface area contributed by atoms with E-state index in [4.69, 9.17) is 34.8 Å². The van der Waals surface area contributed by atoms with Crippen molar-refractivity contribution in [2.24, 2.45) is 5.92 Å². The highest BCUT2D eigenvalue weighted by atomic mass is 35.5. The Morgan fingerprint density at radius 2 is 1.88 bits per heavy atom. The van der Waals surface area contributed by atoms with Crippen LogP contribution in [0.25, 0.3) is 0 Å². The summed E-state index contributed by atoms with van der Waals surface area (Å²) >= 11 is 17.8. The maximum atomic E-state index is 6.06. The molecule has 0 aliphatic heterocycles. The fourth-order valence-corrected chi connectivity index (χ4v) is 2.34. The molecule has 0 heterocycles. The van der Waals surface area contributed by atoms with Crippen LogP contribution in [0, 0.1) is 5.92 Å². The van der Waals surface area contributed by atoms with Crippen molar-refractivity contribution in [3.63, 3.8) is 0 Å². The number of benzene rings is 1. The van der Waals surface area contributed by atoms with Gasteiger partial charge in [-0.1, -0.05) is 36.2 Å². The van der Waals surface area contributed by atoms with E-state index in [1.807, 2.05) is 18.2 Å². The van der Waals surface area contributed by atoms with E-state index in [0.717, 1.165) is 18.5 Å². The van der Waals surface area contributed by atoms with Crippen LogP contribution < -0.4 is 5.32 Å². The van der Waals surface area contributed by atoms with E-state index in [1.165, 1.54) is 0 Å². The van der Waals surface area contributed by atoms with E-state index in [9.17, 15) is 0 Å². The predicted molar refractivity (Wildman–Crippen MR) is 72.7 cm³/mol. The zero-order valence-electron chi connectivity index (χ0n) is 9.27. The summed E-state index contributed by atoms with van der Waals surface area (Å²) in [6.07, 6.45) is 1.02. The van der Waals surface area contributed by atoms with Crippen LogP contribution in [-0.2, 0) is 6.54 Å². The van der Waals surface area contributed by atoms with Crippen LogP contribution >= 0.6 is 34.8 Å². The van der Waals surface area contributed by atoms with Gasteiger partial charge in [-0.25, -0.2) is 0 Å². The second-order valence-corrected chi connectivity index (χ2v) is 5.11. The molecule has 0 aliphatic carbocycles. The molecule has 90 valence electrons. The van der Waals surface area contributed by atoms with Crippen LogP contribution in [0.1, 0.15) is 18.9 Å². The summed E-state index contributed by atoms with van der Waals surface area (Å²) in [5.41, 5.74) is 0.962. The van der Waals surface area contributed by atoms with Crippen molar-refractivity contribution < 1.29 is 0 Å². The highest BCUT2D eigenvalue weighted by molar-refractivity contribution is 6.35. The maximum absolute atomic E-state index is 6.06. The quantitative estimate of drug-likeness (QED) is 0.764. The minimum atomic E-state index is 0.568. The van der Waals surface area contributed by atoms with Gasteiger partial charge in [-0.3, -0.25) is 0 Å². The van der Waals surface area contributed by atoms with E-state index in [2.05, 4.69) is 12.2 Å². The topological polar surface area (TPSA) is 12.0 Å². The summed E-state index contributed by atoms with van der Waals surface area (Å²) in [7, 11) is 0. The summed E-state index contributed by atoms with van der Waals surface area (Å²) in [4.78, 5) is 0. The standard InChI is InChI=1S/C12H16Cl3N/c1-9(5-6-13)7-16-8-10-11(14)3-2-4-12(10)15/h2-4,9,16H,5-8H2,1H3. The zero-order valence-corrected chi connectivity index (χ0v) is 11.5. The predicted octanol–water partition coefficient (Wildman–Crippen LogP) is 4.35. The molecule has 0 saturated heterocycles. The lowest BCUT2D eigenvalue weighted by Crippen LogP contribution is -2.21. The van der Waals surface area contributed by atoms with E-state index in [-0.39, 0.29) is 0 Å². The number of hydrogen-bond acceptors (Lipinski definition) is 1. The van der Waals surface area contributed by atoms with Crippen molar-refractivity contribution in [2.45, 2.75) is 19.9 Å². The van der Waals surface area contributed by atoms with Crippen LogP contribution in [0.5, 0.6) is 0 Å². The van der Waals surface area contributed by atoms with Crippen LogP contribution in [-0.4, -0.2) is 12.4 Å². The monoisotopic (exact) mass is 279 g/mol. The number of alkyl halides is 1. The minimum Gasteiger partial charge on any atom is -0.312 e. The van der Waals surface area contributed by atoms with Gasteiger partial charge in [0.1, 0.15) is 0 Å². The first-order chi connectivity index (χ1) is 7.65. The molecule has 0 aliphatic rings. The van der Waals surface area contributed by atoms with Gasteiger partial charge < -0.3 is 5.32 Å². The Kier molecular flexibility index (Phi) is 6.52. The van der Waals surface area contributed by atoms with Gasteiger partial charge in [0.15, 0.2) is 0 Å². The zero-order chi connectivity index (χ0) is 12.0. The van der Waals surface area contributed by atoms with Crippen LogP contribution in [0.3, 0.4) is 0 Å². The van der Waals surface area contributed by atoms with Gasteiger partial charge in [-0.05, 0) is 31.0 Å². The lowest BCUT2D eigenvalue weighted by atomic mass is 10.1. The van der Waals surface area contributed by atoms with Crippen molar-refractivity contribution in [1.29, 1.82) is 0 Å². The lowest BCUT2D eigenvalue weighted by molar-refractivity contribution is 0.502. The Morgan fingerprint density at radius 3 is 2.44 bits per heavy atom. The average Bonchev–Trinajstić information content (AvgIpc) is 2.23. The Labute approximate surface area is 112 Å².